The molecular weight excluding hydrogens is 178 g/mol. The second kappa shape index (κ2) is 5.32. The van der Waals surface area contributed by atoms with Crippen LogP contribution >= 0.6 is 0 Å². The molecule has 1 unspecified atom stereocenters. The first kappa shape index (κ1) is 11.5. The molecule has 4 nitrogen and oxygen atoms in total. The number of hydrogen-bond acceptors (Lipinski definition) is 3. The van der Waals surface area contributed by atoms with Gasteiger partial charge in [-0.3, -0.25) is 4.79 Å². The summed E-state index contributed by atoms with van der Waals surface area (Å²) in [5.74, 6) is 0.642. The highest BCUT2D eigenvalue weighted by Gasteiger charge is 2.25. The summed E-state index contributed by atoms with van der Waals surface area (Å²) in [6, 6.07) is 0.433. The first-order valence-electron chi connectivity index (χ1n) is 5.31. The molecule has 0 aromatic rings. The van der Waals surface area contributed by atoms with Crippen LogP contribution in [0.1, 0.15) is 20.3 Å². The Balaban J connectivity index is 2.38. The largest absolute Gasteiger partial charge is 0.358 e. The summed E-state index contributed by atoms with van der Waals surface area (Å²) in [5, 5.41) is 9.25. The Bertz CT molecular complexity index is 190. The van der Waals surface area contributed by atoms with Gasteiger partial charge in [0.2, 0.25) is 5.91 Å². The summed E-state index contributed by atoms with van der Waals surface area (Å²) in [5.41, 5.74) is 0. The summed E-state index contributed by atoms with van der Waals surface area (Å²) >= 11 is 0. The molecule has 1 aliphatic rings. The summed E-state index contributed by atoms with van der Waals surface area (Å²) in [7, 11) is 1.69. The van der Waals surface area contributed by atoms with Crippen molar-refractivity contribution in [3.8, 4) is 0 Å². The first-order valence-corrected chi connectivity index (χ1v) is 5.31. The Morgan fingerprint density at radius 2 is 2.14 bits per heavy atom. The molecule has 1 saturated heterocycles. The van der Waals surface area contributed by atoms with Crippen molar-refractivity contribution < 1.29 is 4.79 Å². The number of amides is 1. The van der Waals surface area contributed by atoms with Gasteiger partial charge in [0.1, 0.15) is 0 Å². The van der Waals surface area contributed by atoms with Crippen LogP contribution in [0, 0.1) is 5.92 Å². The predicted molar refractivity (Wildman–Crippen MR) is 57.1 cm³/mol. The van der Waals surface area contributed by atoms with Gasteiger partial charge in [0.25, 0.3) is 0 Å². The molecule has 0 aromatic heterocycles. The molecular formula is C10H21N3O. The second-order valence-electron chi connectivity index (χ2n) is 4.32. The average molecular weight is 199 g/mol. The van der Waals surface area contributed by atoms with Crippen LogP contribution < -0.4 is 16.0 Å². The van der Waals surface area contributed by atoms with Crippen molar-refractivity contribution in [2.75, 3.05) is 20.1 Å². The van der Waals surface area contributed by atoms with Crippen molar-refractivity contribution in [3.63, 3.8) is 0 Å². The van der Waals surface area contributed by atoms with E-state index in [1.807, 2.05) is 0 Å². The molecule has 0 bridgehead atoms. The Hall–Kier alpha value is -0.610. The van der Waals surface area contributed by atoms with E-state index in [-0.39, 0.29) is 11.9 Å². The molecule has 82 valence electrons. The van der Waals surface area contributed by atoms with Crippen LogP contribution in [0.2, 0.25) is 0 Å². The Kier molecular flexibility index (Phi) is 4.35. The van der Waals surface area contributed by atoms with Gasteiger partial charge in [0.05, 0.1) is 6.04 Å². The minimum atomic E-state index is -0.0351. The summed E-state index contributed by atoms with van der Waals surface area (Å²) < 4.78 is 0. The number of carbonyl (C=O) groups is 1. The average Bonchev–Trinajstić information content (AvgIpc) is 2.07. The van der Waals surface area contributed by atoms with Gasteiger partial charge in [0, 0.05) is 26.2 Å². The van der Waals surface area contributed by atoms with Crippen LogP contribution in [0.4, 0.5) is 0 Å². The van der Waals surface area contributed by atoms with E-state index in [0.717, 1.165) is 19.5 Å². The Labute approximate surface area is 85.8 Å². The second-order valence-corrected chi connectivity index (χ2v) is 4.32. The topological polar surface area (TPSA) is 53.2 Å². The van der Waals surface area contributed by atoms with Crippen LogP contribution in [0.3, 0.4) is 0 Å². The van der Waals surface area contributed by atoms with E-state index in [9.17, 15) is 4.79 Å². The number of hydrogen-bond donors (Lipinski definition) is 3. The normalized spacial score (nSPS) is 19.1. The maximum atomic E-state index is 11.5. The molecule has 3 N–H and O–H groups in total. The lowest BCUT2D eigenvalue weighted by Crippen LogP contribution is -2.60. The van der Waals surface area contributed by atoms with Crippen molar-refractivity contribution in [1.82, 2.24) is 16.0 Å². The summed E-state index contributed by atoms with van der Waals surface area (Å²) in [6.45, 7) is 6.23. The predicted octanol–water partition coefficient (Wildman–Crippen LogP) is -0.291. The van der Waals surface area contributed by atoms with Gasteiger partial charge in [-0.05, 0) is 12.3 Å². The van der Waals surface area contributed by atoms with Gasteiger partial charge in [-0.2, -0.15) is 0 Å². The maximum absolute atomic E-state index is 11.5. The molecule has 1 aliphatic heterocycles. The van der Waals surface area contributed by atoms with Crippen molar-refractivity contribution in [2.45, 2.75) is 32.4 Å². The third-order valence-electron chi connectivity index (χ3n) is 2.49. The number of nitrogens with one attached hydrogen (secondary N) is 3. The third-order valence-corrected chi connectivity index (χ3v) is 2.49. The van der Waals surface area contributed by atoms with Crippen LogP contribution in [-0.4, -0.2) is 38.1 Å². The van der Waals surface area contributed by atoms with Crippen molar-refractivity contribution in [3.05, 3.63) is 0 Å². The lowest BCUT2D eigenvalue weighted by Gasteiger charge is -2.32. The molecule has 0 aromatic carbocycles. The van der Waals surface area contributed by atoms with Gasteiger partial charge in [-0.25, -0.2) is 0 Å². The summed E-state index contributed by atoms with van der Waals surface area (Å²) in [4.78, 5) is 11.5. The number of likely N-dealkylation sites (N-methyl/N-ethyl adjacent to an activating group) is 1. The van der Waals surface area contributed by atoms with Crippen molar-refractivity contribution in [1.29, 1.82) is 0 Å². The number of carbonyl (C=O) groups excluding carboxylic acids is 1. The van der Waals surface area contributed by atoms with Crippen LogP contribution in [0.5, 0.6) is 0 Å². The smallest absolute Gasteiger partial charge is 0.236 e. The van der Waals surface area contributed by atoms with Gasteiger partial charge < -0.3 is 16.0 Å². The molecule has 1 fully saturated rings. The van der Waals surface area contributed by atoms with Crippen LogP contribution in [0.15, 0.2) is 0 Å². The molecule has 0 aliphatic carbocycles. The lowest BCUT2D eigenvalue weighted by molar-refractivity contribution is -0.123. The molecule has 14 heavy (non-hydrogen) atoms. The molecule has 1 atom stereocenters. The fraction of sp³-hybridized carbons (Fsp3) is 0.900. The standard InChI is InChI=1S/C10H21N3O/c1-7(2)4-9(10(14)11-3)13-8-5-12-6-8/h7-9,12-13H,4-6H2,1-3H3,(H,11,14). The zero-order valence-electron chi connectivity index (χ0n) is 9.26. The Morgan fingerprint density at radius 3 is 2.50 bits per heavy atom. The molecule has 1 amide bonds. The molecule has 1 heterocycles. The van der Waals surface area contributed by atoms with E-state index in [1.54, 1.807) is 7.05 Å². The van der Waals surface area contributed by atoms with E-state index in [4.69, 9.17) is 0 Å². The van der Waals surface area contributed by atoms with Gasteiger partial charge >= 0.3 is 0 Å². The van der Waals surface area contributed by atoms with Gasteiger partial charge in [-0.15, -0.1) is 0 Å². The van der Waals surface area contributed by atoms with E-state index in [0.29, 0.717) is 12.0 Å². The molecule has 1 rings (SSSR count). The monoisotopic (exact) mass is 199 g/mol. The fourth-order valence-corrected chi connectivity index (χ4v) is 1.59. The highest BCUT2D eigenvalue weighted by atomic mass is 16.2. The van der Waals surface area contributed by atoms with E-state index < -0.39 is 0 Å². The van der Waals surface area contributed by atoms with Crippen LogP contribution in [0.25, 0.3) is 0 Å². The molecule has 4 heteroatoms. The maximum Gasteiger partial charge on any atom is 0.236 e. The minimum absolute atomic E-state index is 0.0351. The van der Waals surface area contributed by atoms with E-state index in [2.05, 4.69) is 29.8 Å². The Morgan fingerprint density at radius 1 is 1.50 bits per heavy atom. The van der Waals surface area contributed by atoms with E-state index >= 15 is 0 Å². The van der Waals surface area contributed by atoms with Gasteiger partial charge in [0.15, 0.2) is 0 Å². The summed E-state index contributed by atoms with van der Waals surface area (Å²) in [6.07, 6.45) is 0.899. The lowest BCUT2D eigenvalue weighted by atomic mass is 10.0. The zero-order valence-corrected chi connectivity index (χ0v) is 9.26. The molecule has 0 saturated carbocycles. The van der Waals surface area contributed by atoms with Crippen LogP contribution in [-0.2, 0) is 4.79 Å². The minimum Gasteiger partial charge on any atom is -0.358 e. The van der Waals surface area contributed by atoms with Crippen molar-refractivity contribution >= 4 is 5.91 Å². The highest BCUT2D eigenvalue weighted by Crippen LogP contribution is 2.06. The SMILES string of the molecule is CNC(=O)C(CC(C)C)NC1CNC1. The third kappa shape index (κ3) is 3.27. The van der Waals surface area contributed by atoms with Crippen molar-refractivity contribution in [2.24, 2.45) is 5.92 Å². The van der Waals surface area contributed by atoms with Gasteiger partial charge in [-0.1, -0.05) is 13.8 Å². The molecule has 0 spiro atoms. The fourth-order valence-electron chi connectivity index (χ4n) is 1.59. The first-order chi connectivity index (χ1) is 6.63. The van der Waals surface area contributed by atoms with E-state index in [1.165, 1.54) is 0 Å². The molecule has 0 radical (unpaired) electrons. The number of rotatable bonds is 5. The quantitative estimate of drug-likeness (QED) is 0.570. The zero-order chi connectivity index (χ0) is 10.6. The highest BCUT2D eigenvalue weighted by molar-refractivity contribution is 5.81.